The number of nitrogens with two attached hydrogens (primary N) is 9. The first kappa shape index (κ1) is 86.5. The van der Waals surface area contributed by atoms with Gasteiger partial charge in [0.2, 0.25) is 59.1 Å². The van der Waals surface area contributed by atoms with Crippen LogP contribution in [0.2, 0.25) is 0 Å². The van der Waals surface area contributed by atoms with Crippen molar-refractivity contribution >= 4 is 122 Å². The molecule has 1 aromatic carbocycles. The SMILES string of the molecule is COc1ccc(C[C@@H]2NC(=O)[C@H](CC(=O)O)NC(=O)CNC(=O)[C@H](CCCN=C(N)N)NC(=O)[C@H](Cc3cnc[nH]3)NC(=O)[C@H](CC(=O)O)NC(=O)C(NC(=O)[C@@H](N)CCCN=C(N)N)C3(CCCCC3)SSC[C@@H](C(=O)N[C@@H](CCCN=C(N)N)C(=O)O)NC(=O)[C@H](CCCN=C(N)N)NC2=O)cc1. The zero-order valence-corrected chi connectivity index (χ0v) is 59.4. The summed E-state index contributed by atoms with van der Waals surface area (Å²) in [4.78, 5) is 207. The zero-order valence-electron chi connectivity index (χ0n) is 57.8. The van der Waals surface area contributed by atoms with Crippen LogP contribution in [0.4, 0.5) is 0 Å². The standard InChI is InChI=1S/C61H97N25O17S2/c1-103-33-15-13-31(14-16-33)23-38-50(95)80-36(11-7-21-74-59(67)68)49(94)85-42(54(99)81-37(56(101)102)12-8-22-75-60(69)70)29-104-105-61(17-3-2-4-18-61)46(86-47(92)34(62)9-5-19-72-57(63)64)55(100)84-41(26-45(90)91)53(98)83-39(24-32-27-71-30-77-32)51(96)79-35(10-6-20-73-58(65)66)48(93)76-28-43(87)78-40(25-44(88)89)52(97)82-38/h13-16,27,30,34-42,46H,2-12,17-26,28-29,62H2,1H3,(H,71,77)(H,76,93)(H,78,87)(H,79,96)(H,80,95)(H,81,99)(H,82,97)(H,83,98)(H,84,100)(H,85,94)(H,86,92)(H,88,89)(H,90,91)(H,101,102)(H4,63,64,72)(H4,65,66,73)(H4,67,68,74)(H4,69,70,75)/t34-,35-,36-,37-,38-,39-,40-,41-,42-,46?/m0/s1. The second kappa shape index (κ2) is 44.6. The number of carboxylic acid groups (broad SMARTS) is 3. The van der Waals surface area contributed by atoms with Crippen molar-refractivity contribution in [3.8, 4) is 5.75 Å². The third kappa shape index (κ3) is 31.7. The van der Waals surface area contributed by atoms with Crippen molar-refractivity contribution in [3.05, 3.63) is 48.0 Å². The van der Waals surface area contributed by atoms with E-state index in [-0.39, 0.29) is 126 Å². The number of aromatic amines is 1. The number of carbonyl (C=O) groups excluding carboxylic acids is 10. The third-order valence-electron chi connectivity index (χ3n) is 16.2. The summed E-state index contributed by atoms with van der Waals surface area (Å²) in [6.07, 6.45) is 0.172. The summed E-state index contributed by atoms with van der Waals surface area (Å²) in [7, 11) is 3.19. The molecule has 1 aliphatic heterocycles. The molecule has 1 saturated carbocycles. The Morgan fingerprint density at radius 1 is 0.600 bits per heavy atom. The molecule has 44 heteroatoms. The minimum atomic E-state index is -2.06. The van der Waals surface area contributed by atoms with E-state index in [0.717, 1.165) is 21.6 Å². The number of nitrogens with one attached hydrogen (secondary N) is 11. The number of aromatic nitrogens is 2. The lowest BCUT2D eigenvalue weighted by atomic mass is 9.82. The second-order valence-corrected chi connectivity index (χ2v) is 27.2. The summed E-state index contributed by atoms with van der Waals surface area (Å²) >= 11 is 0. The zero-order chi connectivity index (χ0) is 77.8. The number of guanidine groups is 4. The van der Waals surface area contributed by atoms with Crippen LogP contribution in [0.25, 0.3) is 0 Å². The number of ether oxygens (including phenoxy) is 1. The number of hydrogen-bond acceptors (Lipinski definition) is 22. The highest BCUT2D eigenvalue weighted by Crippen LogP contribution is 2.48. The maximum Gasteiger partial charge on any atom is 0.326 e. The Labute approximate surface area is 610 Å². The lowest BCUT2D eigenvalue weighted by Gasteiger charge is -2.42. The highest BCUT2D eigenvalue weighted by molar-refractivity contribution is 8.77. The van der Waals surface area contributed by atoms with Gasteiger partial charge in [-0.25, -0.2) is 9.78 Å². The van der Waals surface area contributed by atoms with Gasteiger partial charge in [-0.3, -0.25) is 77.5 Å². The molecule has 42 nitrogen and oxygen atoms in total. The molecule has 32 N–H and O–H groups in total. The molecule has 2 heterocycles. The maximum atomic E-state index is 15.4. The van der Waals surface area contributed by atoms with Crippen LogP contribution in [0, 0.1) is 0 Å². The molecule has 10 atom stereocenters. The van der Waals surface area contributed by atoms with Crippen molar-refractivity contribution < 1.29 is 82.4 Å². The van der Waals surface area contributed by atoms with Gasteiger partial charge >= 0.3 is 17.9 Å². The fraction of sp³-hybridized carbons (Fsp3) is 0.574. The van der Waals surface area contributed by atoms with Gasteiger partial charge in [0.15, 0.2) is 23.8 Å². The van der Waals surface area contributed by atoms with Gasteiger partial charge in [-0.2, -0.15) is 0 Å². The van der Waals surface area contributed by atoms with Crippen molar-refractivity contribution in [2.45, 2.75) is 174 Å². The van der Waals surface area contributed by atoms with Gasteiger partial charge in [0.05, 0.1) is 43.6 Å². The first-order valence-corrected chi connectivity index (χ1v) is 35.7. The Hall–Kier alpha value is -10.9. The summed E-state index contributed by atoms with van der Waals surface area (Å²) < 4.78 is 3.81. The number of aliphatic carboxylic acids is 3. The van der Waals surface area contributed by atoms with Crippen LogP contribution >= 0.6 is 21.6 Å². The Morgan fingerprint density at radius 3 is 1.58 bits per heavy atom. The molecular formula is C61H97N25O17S2. The van der Waals surface area contributed by atoms with Gasteiger partial charge in [-0.15, -0.1) is 0 Å². The Kier molecular flexibility index (Phi) is 36.7. The van der Waals surface area contributed by atoms with Crippen molar-refractivity contribution in [1.82, 2.24) is 63.1 Å². The fourth-order valence-electron chi connectivity index (χ4n) is 10.8. The number of aliphatic imine (C=N–C) groups is 4. The first-order chi connectivity index (χ1) is 49.8. The molecule has 105 heavy (non-hydrogen) atoms. The molecule has 2 aromatic rings. The second-order valence-electron chi connectivity index (χ2n) is 24.5. The normalized spacial score (nSPS) is 21.7. The topological polar surface area (TPSA) is 724 Å². The number of benzene rings is 1. The molecule has 1 saturated heterocycles. The van der Waals surface area contributed by atoms with Crippen molar-refractivity contribution in [1.29, 1.82) is 0 Å². The molecule has 1 spiro atoms. The minimum absolute atomic E-state index is 0.0199. The van der Waals surface area contributed by atoms with Crippen LogP contribution in [0.15, 0.2) is 56.8 Å². The molecule has 2 aliphatic rings. The Balaban J connectivity index is 2.02. The number of H-pyrrole nitrogens is 1. The van der Waals surface area contributed by atoms with Gasteiger partial charge in [0, 0.05) is 56.7 Å². The number of hydrogen-bond donors (Lipinski definition) is 23. The summed E-state index contributed by atoms with van der Waals surface area (Å²) in [5.74, 6) is -17.4. The average Bonchev–Trinajstić information content (AvgIpc) is 1.35. The maximum absolute atomic E-state index is 15.4. The Bertz CT molecular complexity index is 3420. The van der Waals surface area contributed by atoms with E-state index in [1.54, 1.807) is 0 Å². The summed E-state index contributed by atoms with van der Waals surface area (Å²) in [5.41, 5.74) is 51.3. The number of amides is 10. The van der Waals surface area contributed by atoms with Gasteiger partial charge in [-0.1, -0.05) is 53.0 Å². The van der Waals surface area contributed by atoms with E-state index in [1.165, 1.54) is 43.9 Å². The minimum Gasteiger partial charge on any atom is -0.497 e. The Morgan fingerprint density at radius 2 is 1.08 bits per heavy atom. The number of nitrogens with zero attached hydrogens (tertiary/aromatic N) is 5. The molecule has 4 rings (SSSR count). The fourth-order valence-corrected chi connectivity index (χ4v) is 14.3. The van der Waals surface area contributed by atoms with Crippen molar-refractivity contribution in [2.75, 3.05) is 45.6 Å². The van der Waals surface area contributed by atoms with Crippen LogP contribution in [0.1, 0.15) is 108 Å². The van der Waals surface area contributed by atoms with Crippen molar-refractivity contribution in [3.63, 3.8) is 0 Å². The van der Waals surface area contributed by atoms with Crippen LogP contribution in [0.5, 0.6) is 5.75 Å². The smallest absolute Gasteiger partial charge is 0.326 e. The van der Waals surface area contributed by atoms with Crippen LogP contribution < -0.4 is 110 Å². The summed E-state index contributed by atoms with van der Waals surface area (Å²) in [5, 5.41) is 55.6. The molecular weight excluding hydrogens is 1420 g/mol. The molecule has 580 valence electrons. The molecule has 1 unspecified atom stereocenters. The molecule has 0 radical (unpaired) electrons. The summed E-state index contributed by atoms with van der Waals surface area (Å²) in [6.45, 7) is -1.26. The number of imidazole rings is 1. The van der Waals surface area contributed by atoms with Gasteiger partial charge in [-0.05, 0) is 81.9 Å². The number of methoxy groups -OCH3 is 1. The quantitative estimate of drug-likeness (QED) is 0.0149. The third-order valence-corrected chi connectivity index (χ3v) is 19.5. The number of carbonyl (C=O) groups is 13. The average molecular weight is 1520 g/mol. The molecule has 0 bridgehead atoms. The van der Waals surface area contributed by atoms with Crippen molar-refractivity contribution in [2.24, 2.45) is 71.6 Å². The van der Waals surface area contributed by atoms with E-state index < -0.39 is 174 Å². The molecule has 2 fully saturated rings. The lowest BCUT2D eigenvalue weighted by molar-refractivity contribution is -0.142. The van der Waals surface area contributed by atoms with E-state index in [2.05, 4.69) is 83.1 Å². The molecule has 10 amide bonds. The van der Waals surface area contributed by atoms with Crippen LogP contribution in [0.3, 0.4) is 0 Å². The summed E-state index contributed by atoms with van der Waals surface area (Å²) in [6, 6.07) is -11.2. The predicted molar refractivity (Wildman–Crippen MR) is 385 cm³/mol. The van der Waals surface area contributed by atoms with E-state index in [1.807, 2.05) is 0 Å². The molecule has 1 aromatic heterocycles. The van der Waals surface area contributed by atoms with Gasteiger partial charge in [0.25, 0.3) is 0 Å². The lowest BCUT2D eigenvalue weighted by Crippen LogP contribution is -2.64. The van der Waals surface area contributed by atoms with Crippen LogP contribution in [-0.2, 0) is 75.2 Å². The monoisotopic (exact) mass is 1520 g/mol. The first-order valence-electron chi connectivity index (χ1n) is 33.3. The largest absolute Gasteiger partial charge is 0.497 e. The van der Waals surface area contributed by atoms with Gasteiger partial charge < -0.3 is 130 Å². The van der Waals surface area contributed by atoms with E-state index in [9.17, 15) is 68.1 Å². The predicted octanol–water partition coefficient (Wildman–Crippen LogP) is -7.64. The van der Waals surface area contributed by atoms with E-state index >= 15 is 9.59 Å². The number of carboxylic acids is 3. The number of rotatable bonds is 30. The van der Waals surface area contributed by atoms with E-state index in [4.69, 9.17) is 56.3 Å². The highest BCUT2D eigenvalue weighted by atomic mass is 33.1. The van der Waals surface area contributed by atoms with Crippen LogP contribution in [-0.4, -0.2) is 237 Å². The highest BCUT2D eigenvalue weighted by Gasteiger charge is 2.48. The van der Waals surface area contributed by atoms with Gasteiger partial charge in [0.1, 0.15) is 60.1 Å². The van der Waals surface area contributed by atoms with E-state index in [0.29, 0.717) is 30.6 Å². The molecule has 1 aliphatic carbocycles.